The predicted octanol–water partition coefficient (Wildman–Crippen LogP) is 9.59. The van der Waals surface area contributed by atoms with Crippen molar-refractivity contribution in [2.75, 3.05) is 34.5 Å². The molecule has 0 amide bonds. The number of ether oxygens (including phenoxy) is 6. The van der Waals surface area contributed by atoms with Crippen LogP contribution < -0.4 is 14.2 Å². The van der Waals surface area contributed by atoms with Gasteiger partial charge in [0.05, 0.1) is 40.0 Å². The van der Waals surface area contributed by atoms with E-state index in [0.29, 0.717) is 11.5 Å². The van der Waals surface area contributed by atoms with E-state index in [1.54, 1.807) is 21.3 Å². The van der Waals surface area contributed by atoms with Gasteiger partial charge in [-0.25, -0.2) is 0 Å². The fraction of sp³-hybridized carbons (Fsp3) is 0.413. The van der Waals surface area contributed by atoms with Crippen molar-refractivity contribution in [3.05, 3.63) is 125 Å². The molecule has 0 unspecified atom stereocenters. The first-order valence-electron chi connectivity index (χ1n) is 19.0. The molecule has 0 saturated heterocycles. The molecule has 2 atom stereocenters. The summed E-state index contributed by atoms with van der Waals surface area (Å²) in [6.07, 6.45) is 5.78. The SMILES string of the molecule is C#C[C@@](COC(c1ccccc1)(c1ccc(OC)cc1)c1ccc(OC)cc1)(O[Si](CC)(CC)CC)[C@H](COC(=O)C(C)(C)C)OCc1ccc(OC)cc1. The van der Waals surface area contributed by atoms with E-state index < -0.39 is 31.0 Å². The fourth-order valence-corrected chi connectivity index (χ4v) is 9.55. The zero-order chi connectivity index (χ0) is 40.1. The average molecular weight is 767 g/mol. The van der Waals surface area contributed by atoms with E-state index in [9.17, 15) is 4.79 Å². The summed E-state index contributed by atoms with van der Waals surface area (Å²) in [7, 11) is 2.41. The Morgan fingerprint density at radius 2 is 1.15 bits per heavy atom. The molecule has 0 aliphatic carbocycles. The summed E-state index contributed by atoms with van der Waals surface area (Å²) in [5.74, 6) is 4.83. The lowest BCUT2D eigenvalue weighted by atomic mass is 9.79. The number of benzene rings is 4. The summed E-state index contributed by atoms with van der Waals surface area (Å²) in [6.45, 7) is 11.8. The summed E-state index contributed by atoms with van der Waals surface area (Å²) >= 11 is 0. The van der Waals surface area contributed by atoms with E-state index in [0.717, 1.165) is 46.1 Å². The number of esters is 1. The predicted molar refractivity (Wildman–Crippen MR) is 220 cm³/mol. The third kappa shape index (κ3) is 10.2. The summed E-state index contributed by atoms with van der Waals surface area (Å²) in [6, 6.07) is 35.8. The Hall–Kier alpha value is -4.59. The van der Waals surface area contributed by atoms with Gasteiger partial charge in [0.1, 0.15) is 35.6 Å². The molecule has 0 bridgehead atoms. The van der Waals surface area contributed by atoms with Crippen LogP contribution in [0.2, 0.25) is 18.1 Å². The Labute approximate surface area is 329 Å². The zero-order valence-corrected chi connectivity index (χ0v) is 35.0. The quantitative estimate of drug-likeness (QED) is 0.0381. The first-order chi connectivity index (χ1) is 26.4. The highest BCUT2D eigenvalue weighted by Gasteiger charge is 2.50. The second-order valence-electron chi connectivity index (χ2n) is 14.7. The van der Waals surface area contributed by atoms with E-state index in [4.69, 9.17) is 39.3 Å². The number of methoxy groups -OCH3 is 3. The second kappa shape index (κ2) is 19.3. The van der Waals surface area contributed by atoms with Gasteiger partial charge in [-0.3, -0.25) is 4.79 Å². The molecular formula is C46H58O8Si. The van der Waals surface area contributed by atoms with Crippen LogP contribution in [0.1, 0.15) is 63.8 Å². The Bertz CT molecular complexity index is 1750. The summed E-state index contributed by atoms with van der Waals surface area (Å²) in [4.78, 5) is 13.3. The van der Waals surface area contributed by atoms with Gasteiger partial charge in [-0.15, -0.1) is 6.42 Å². The van der Waals surface area contributed by atoms with Gasteiger partial charge in [-0.1, -0.05) is 93.4 Å². The molecular weight excluding hydrogens is 709 g/mol. The van der Waals surface area contributed by atoms with Gasteiger partial charge >= 0.3 is 5.97 Å². The van der Waals surface area contributed by atoms with Gasteiger partial charge in [0.2, 0.25) is 0 Å². The van der Waals surface area contributed by atoms with Crippen LogP contribution in [0.4, 0.5) is 0 Å². The van der Waals surface area contributed by atoms with E-state index in [2.05, 4.69) is 26.7 Å². The maximum atomic E-state index is 13.3. The lowest BCUT2D eigenvalue weighted by Crippen LogP contribution is -2.59. The fourth-order valence-electron chi connectivity index (χ4n) is 6.60. The highest BCUT2D eigenvalue weighted by atomic mass is 28.4. The van der Waals surface area contributed by atoms with Crippen LogP contribution in [0.3, 0.4) is 0 Å². The third-order valence-electron chi connectivity index (χ3n) is 10.4. The molecule has 8 nitrogen and oxygen atoms in total. The second-order valence-corrected chi connectivity index (χ2v) is 19.4. The molecule has 0 aliphatic heterocycles. The minimum Gasteiger partial charge on any atom is -0.497 e. The molecule has 0 radical (unpaired) electrons. The highest BCUT2D eigenvalue weighted by Crippen LogP contribution is 2.44. The minimum absolute atomic E-state index is 0.106. The van der Waals surface area contributed by atoms with Gasteiger partial charge in [0, 0.05) is 0 Å². The van der Waals surface area contributed by atoms with Crippen molar-refractivity contribution in [3.63, 3.8) is 0 Å². The first kappa shape index (κ1) is 43.1. The normalized spacial score (nSPS) is 13.6. The Kier molecular flexibility index (Phi) is 15.2. The minimum atomic E-state index is -2.50. The highest BCUT2D eigenvalue weighted by molar-refractivity contribution is 6.73. The van der Waals surface area contributed by atoms with Crippen molar-refractivity contribution in [1.29, 1.82) is 0 Å². The van der Waals surface area contributed by atoms with E-state index in [-0.39, 0.29) is 25.8 Å². The number of rotatable bonds is 20. The number of carbonyl (C=O) groups is 1. The standard InChI is InChI=1S/C46H58O8Si/c1-11-45(54-55(12-2,13-3)14-4,42(33-52-43(47)44(5,6)7)51-32-35-20-26-39(48-8)27-21-35)34-53-46(36-18-16-15-17-19-36,37-22-28-40(49-9)29-23-37)38-24-30-41(50-10)31-25-38/h1,15-31,42H,12-14,32-34H2,2-10H3/t42-,45-/m0/s1. The van der Waals surface area contributed by atoms with Crippen LogP contribution in [0.15, 0.2) is 103 Å². The Morgan fingerprint density at radius 1 is 0.691 bits per heavy atom. The Morgan fingerprint density at radius 3 is 1.56 bits per heavy atom. The van der Waals surface area contributed by atoms with Crippen molar-refractivity contribution in [2.24, 2.45) is 5.41 Å². The molecule has 0 spiro atoms. The van der Waals surface area contributed by atoms with Crippen LogP contribution >= 0.6 is 0 Å². The molecule has 9 heteroatoms. The van der Waals surface area contributed by atoms with Gasteiger partial charge in [-0.05, 0) is 97.6 Å². The number of carbonyl (C=O) groups excluding carboxylic acids is 1. The van der Waals surface area contributed by atoms with Gasteiger partial charge < -0.3 is 32.8 Å². The number of hydrogen-bond acceptors (Lipinski definition) is 8. The number of terminal acetylenes is 1. The van der Waals surface area contributed by atoms with Gasteiger partial charge in [-0.2, -0.15) is 0 Å². The van der Waals surface area contributed by atoms with Crippen molar-refractivity contribution in [1.82, 2.24) is 0 Å². The zero-order valence-electron chi connectivity index (χ0n) is 34.0. The molecule has 0 saturated carbocycles. The van der Waals surface area contributed by atoms with Crippen molar-refractivity contribution >= 4 is 14.3 Å². The molecule has 0 aromatic heterocycles. The van der Waals surface area contributed by atoms with Gasteiger partial charge in [0.15, 0.2) is 13.9 Å². The van der Waals surface area contributed by atoms with Crippen molar-refractivity contribution in [2.45, 2.75) is 83.6 Å². The lowest BCUT2D eigenvalue weighted by Gasteiger charge is -2.45. The van der Waals surface area contributed by atoms with Crippen LogP contribution in [-0.2, 0) is 35.6 Å². The average Bonchev–Trinajstić information content (AvgIpc) is 3.23. The van der Waals surface area contributed by atoms with Crippen LogP contribution in [0.25, 0.3) is 0 Å². The summed E-state index contributed by atoms with van der Waals surface area (Å²) in [5, 5.41) is 0. The van der Waals surface area contributed by atoms with Gasteiger partial charge in [0.25, 0.3) is 0 Å². The molecule has 0 N–H and O–H groups in total. The maximum Gasteiger partial charge on any atom is 0.311 e. The molecule has 55 heavy (non-hydrogen) atoms. The Balaban J connectivity index is 1.95. The molecule has 4 rings (SSSR count). The van der Waals surface area contributed by atoms with E-state index in [1.165, 1.54) is 0 Å². The van der Waals surface area contributed by atoms with Crippen LogP contribution in [-0.4, -0.2) is 60.5 Å². The lowest BCUT2D eigenvalue weighted by molar-refractivity contribution is -0.172. The maximum absolute atomic E-state index is 13.3. The van der Waals surface area contributed by atoms with E-state index in [1.807, 2.05) is 124 Å². The first-order valence-corrected chi connectivity index (χ1v) is 21.5. The van der Waals surface area contributed by atoms with E-state index >= 15 is 0 Å². The molecule has 4 aromatic carbocycles. The van der Waals surface area contributed by atoms with Crippen molar-refractivity contribution < 1.29 is 37.6 Å². The topological polar surface area (TPSA) is 81.7 Å². The largest absolute Gasteiger partial charge is 0.497 e. The molecule has 0 aliphatic rings. The summed E-state index contributed by atoms with van der Waals surface area (Å²) in [5.41, 5.74) is 0.0129. The third-order valence-corrected chi connectivity index (χ3v) is 15.0. The molecule has 4 aromatic rings. The van der Waals surface area contributed by atoms with Crippen LogP contribution in [0.5, 0.6) is 17.2 Å². The smallest absolute Gasteiger partial charge is 0.311 e. The van der Waals surface area contributed by atoms with Crippen LogP contribution in [0, 0.1) is 17.8 Å². The monoisotopic (exact) mass is 766 g/mol. The molecule has 0 heterocycles. The van der Waals surface area contributed by atoms with Crippen molar-refractivity contribution in [3.8, 4) is 29.6 Å². The molecule has 294 valence electrons. The molecule has 0 fully saturated rings. The number of hydrogen-bond donors (Lipinski definition) is 0. The summed E-state index contributed by atoms with van der Waals surface area (Å²) < 4.78 is 44.1.